The van der Waals surface area contributed by atoms with E-state index in [1.165, 1.54) is 0 Å². The molecule has 0 aromatic rings. The van der Waals surface area contributed by atoms with E-state index in [0.717, 1.165) is 0 Å². The minimum absolute atomic E-state index is 0.512. The summed E-state index contributed by atoms with van der Waals surface area (Å²) >= 11 is 0. The van der Waals surface area contributed by atoms with Gasteiger partial charge in [-0.05, 0) is 0 Å². The van der Waals surface area contributed by atoms with Crippen LogP contribution in [0.1, 0.15) is 0 Å². The highest BCUT2D eigenvalue weighted by Crippen LogP contribution is 2.20. The van der Waals surface area contributed by atoms with E-state index in [0.29, 0.717) is 0 Å². The number of aliphatic carboxylic acids is 1. The lowest BCUT2D eigenvalue weighted by molar-refractivity contribution is -0.153. The van der Waals surface area contributed by atoms with Crippen molar-refractivity contribution < 1.29 is 30.0 Å². The average Bonchev–Trinajstić information content (AvgIpc) is 2.30. The molecule has 0 aliphatic carbocycles. The molecule has 0 spiro atoms. The zero-order valence-corrected chi connectivity index (χ0v) is 6.12. The molecule has 1 saturated heterocycles. The van der Waals surface area contributed by atoms with Crippen LogP contribution in [-0.2, 0) is 9.53 Å². The van der Waals surface area contributed by atoms with Gasteiger partial charge in [-0.2, -0.15) is 0 Å². The number of rotatable bonds is 2. The smallest absolute Gasteiger partial charge is 0.335 e. The van der Waals surface area contributed by atoms with E-state index in [1.54, 1.807) is 0 Å². The van der Waals surface area contributed by atoms with Gasteiger partial charge in [0.15, 0.2) is 6.10 Å². The first-order chi connectivity index (χ1) is 5.57. The van der Waals surface area contributed by atoms with Crippen molar-refractivity contribution in [3.05, 3.63) is 0 Å². The standard InChI is InChI=1S/C6H10O6/c7-1-2-3(8)4(9)5(12-2)6(10)11/h2-5,7-9H,1H2,(H,10,11)/t2-,3-,4+,5-/m0/s1. The summed E-state index contributed by atoms with van der Waals surface area (Å²) in [7, 11) is 0. The maximum Gasteiger partial charge on any atom is 0.335 e. The molecular formula is C6H10O6. The predicted octanol–water partition coefficient (Wildman–Crippen LogP) is -2.45. The molecule has 4 atom stereocenters. The third-order valence-electron chi connectivity index (χ3n) is 1.79. The third-order valence-corrected chi connectivity index (χ3v) is 1.79. The second-order valence-corrected chi connectivity index (χ2v) is 2.60. The SMILES string of the molecule is O=C(O)[C@H]1O[C@@H](CO)[C@H](O)[C@H]1O. The number of aliphatic hydroxyl groups is 3. The molecule has 0 bridgehead atoms. The van der Waals surface area contributed by atoms with Crippen molar-refractivity contribution in [1.82, 2.24) is 0 Å². The Bertz CT molecular complexity index is 181. The lowest BCUT2D eigenvalue weighted by atomic mass is 10.1. The van der Waals surface area contributed by atoms with Crippen LogP contribution in [0.15, 0.2) is 0 Å². The average molecular weight is 178 g/mol. The van der Waals surface area contributed by atoms with Crippen molar-refractivity contribution in [3.8, 4) is 0 Å². The highest BCUT2D eigenvalue weighted by Gasteiger charge is 2.45. The van der Waals surface area contributed by atoms with Gasteiger partial charge in [0.25, 0.3) is 0 Å². The summed E-state index contributed by atoms with van der Waals surface area (Å²) in [6, 6.07) is 0. The van der Waals surface area contributed by atoms with E-state index < -0.39 is 37.0 Å². The van der Waals surface area contributed by atoms with Gasteiger partial charge < -0.3 is 25.2 Å². The van der Waals surface area contributed by atoms with E-state index >= 15 is 0 Å². The van der Waals surface area contributed by atoms with Crippen LogP contribution in [0.2, 0.25) is 0 Å². The Labute approximate surface area is 68.0 Å². The van der Waals surface area contributed by atoms with Crippen LogP contribution in [0.3, 0.4) is 0 Å². The van der Waals surface area contributed by atoms with Crippen LogP contribution in [-0.4, -0.2) is 57.4 Å². The van der Waals surface area contributed by atoms with E-state index in [1.807, 2.05) is 0 Å². The minimum Gasteiger partial charge on any atom is -0.479 e. The molecule has 1 heterocycles. The van der Waals surface area contributed by atoms with Crippen molar-refractivity contribution >= 4 is 5.97 Å². The summed E-state index contributed by atoms with van der Waals surface area (Å²) in [6.07, 6.45) is -5.27. The Kier molecular flexibility index (Phi) is 2.63. The summed E-state index contributed by atoms with van der Waals surface area (Å²) < 4.78 is 4.65. The number of hydrogen-bond acceptors (Lipinski definition) is 5. The minimum atomic E-state index is -1.47. The molecule has 1 rings (SSSR count). The normalized spacial score (nSPS) is 41.6. The Balaban J connectivity index is 2.66. The van der Waals surface area contributed by atoms with Crippen molar-refractivity contribution in [2.75, 3.05) is 6.61 Å². The van der Waals surface area contributed by atoms with Gasteiger partial charge in [0.05, 0.1) is 6.61 Å². The van der Waals surface area contributed by atoms with E-state index in [9.17, 15) is 4.79 Å². The maximum absolute atomic E-state index is 10.3. The Morgan fingerprint density at radius 2 is 1.92 bits per heavy atom. The second kappa shape index (κ2) is 3.36. The van der Waals surface area contributed by atoms with Crippen LogP contribution in [0.5, 0.6) is 0 Å². The van der Waals surface area contributed by atoms with Gasteiger partial charge in [-0.1, -0.05) is 0 Å². The third kappa shape index (κ3) is 1.42. The van der Waals surface area contributed by atoms with Crippen LogP contribution in [0.25, 0.3) is 0 Å². The molecule has 6 heteroatoms. The van der Waals surface area contributed by atoms with Crippen molar-refractivity contribution in [1.29, 1.82) is 0 Å². The topological polar surface area (TPSA) is 107 Å². The van der Waals surface area contributed by atoms with Gasteiger partial charge >= 0.3 is 5.97 Å². The Morgan fingerprint density at radius 3 is 2.17 bits per heavy atom. The number of carboxylic acids is 1. The molecule has 1 aliphatic rings. The molecule has 6 nitrogen and oxygen atoms in total. The quantitative estimate of drug-likeness (QED) is 0.374. The zero-order chi connectivity index (χ0) is 9.30. The van der Waals surface area contributed by atoms with Crippen LogP contribution >= 0.6 is 0 Å². The van der Waals surface area contributed by atoms with E-state index in [2.05, 4.69) is 4.74 Å². The monoisotopic (exact) mass is 178 g/mol. The first-order valence-corrected chi connectivity index (χ1v) is 3.43. The molecule has 12 heavy (non-hydrogen) atoms. The lowest BCUT2D eigenvalue weighted by Crippen LogP contribution is -2.36. The lowest BCUT2D eigenvalue weighted by Gasteiger charge is -2.10. The van der Waals surface area contributed by atoms with Gasteiger partial charge in [0, 0.05) is 0 Å². The molecular weight excluding hydrogens is 168 g/mol. The fourth-order valence-corrected chi connectivity index (χ4v) is 1.10. The molecule has 4 N–H and O–H groups in total. The molecule has 0 unspecified atom stereocenters. The number of ether oxygens (including phenoxy) is 1. The summed E-state index contributed by atoms with van der Waals surface area (Å²) in [5, 5.41) is 35.1. The number of carbonyl (C=O) groups is 1. The van der Waals surface area contributed by atoms with Gasteiger partial charge in [0.2, 0.25) is 0 Å². The molecule has 0 amide bonds. The first-order valence-electron chi connectivity index (χ1n) is 3.43. The Morgan fingerprint density at radius 1 is 1.33 bits per heavy atom. The van der Waals surface area contributed by atoms with Crippen molar-refractivity contribution in [2.45, 2.75) is 24.4 Å². The summed E-state index contributed by atoms with van der Waals surface area (Å²) in [5.41, 5.74) is 0. The highest BCUT2D eigenvalue weighted by atomic mass is 16.6. The fraction of sp³-hybridized carbons (Fsp3) is 0.833. The van der Waals surface area contributed by atoms with Gasteiger partial charge in [-0.15, -0.1) is 0 Å². The zero-order valence-electron chi connectivity index (χ0n) is 6.12. The molecule has 1 aliphatic heterocycles. The molecule has 0 aromatic carbocycles. The van der Waals surface area contributed by atoms with Gasteiger partial charge in [-0.3, -0.25) is 0 Å². The van der Waals surface area contributed by atoms with Gasteiger partial charge in [-0.25, -0.2) is 4.79 Å². The predicted molar refractivity (Wildman–Crippen MR) is 35.4 cm³/mol. The maximum atomic E-state index is 10.3. The first kappa shape index (κ1) is 9.40. The summed E-state index contributed by atoms with van der Waals surface area (Å²) in [5.74, 6) is -1.35. The summed E-state index contributed by atoms with van der Waals surface area (Å²) in [6.45, 7) is -0.512. The molecule has 1 fully saturated rings. The molecule has 0 aromatic heterocycles. The van der Waals surface area contributed by atoms with Crippen molar-refractivity contribution in [2.24, 2.45) is 0 Å². The Hall–Kier alpha value is -0.690. The molecule has 70 valence electrons. The molecule has 0 radical (unpaired) electrons. The van der Waals surface area contributed by atoms with Crippen LogP contribution < -0.4 is 0 Å². The van der Waals surface area contributed by atoms with Crippen molar-refractivity contribution in [3.63, 3.8) is 0 Å². The van der Waals surface area contributed by atoms with Gasteiger partial charge in [0.1, 0.15) is 18.3 Å². The van der Waals surface area contributed by atoms with E-state index in [-0.39, 0.29) is 0 Å². The highest BCUT2D eigenvalue weighted by molar-refractivity contribution is 5.73. The summed E-state index contributed by atoms with van der Waals surface area (Å²) in [4.78, 5) is 10.3. The molecule has 0 saturated carbocycles. The number of hydrogen-bond donors (Lipinski definition) is 4. The number of carboxylic acid groups (broad SMARTS) is 1. The largest absolute Gasteiger partial charge is 0.479 e. The van der Waals surface area contributed by atoms with Crippen LogP contribution in [0.4, 0.5) is 0 Å². The van der Waals surface area contributed by atoms with E-state index in [4.69, 9.17) is 20.4 Å². The number of aliphatic hydroxyl groups excluding tert-OH is 3. The second-order valence-electron chi connectivity index (χ2n) is 2.60. The van der Waals surface area contributed by atoms with Crippen LogP contribution in [0, 0.1) is 0 Å². The fourth-order valence-electron chi connectivity index (χ4n) is 1.10.